The van der Waals surface area contributed by atoms with Gasteiger partial charge in [-0.3, -0.25) is 4.79 Å². The van der Waals surface area contributed by atoms with E-state index in [0.29, 0.717) is 12.0 Å². The highest BCUT2D eigenvalue weighted by Gasteiger charge is 2.15. The Morgan fingerprint density at radius 3 is 2.89 bits per heavy atom. The van der Waals surface area contributed by atoms with Crippen LogP contribution in [0, 0.1) is 0 Å². The van der Waals surface area contributed by atoms with Gasteiger partial charge in [0.1, 0.15) is 0 Å². The molecule has 0 aliphatic carbocycles. The summed E-state index contributed by atoms with van der Waals surface area (Å²) in [4.78, 5) is 12.1. The van der Waals surface area contributed by atoms with Crippen molar-refractivity contribution in [3.8, 4) is 0 Å². The predicted molar refractivity (Wildman–Crippen MR) is 73.6 cm³/mol. The highest BCUT2D eigenvalue weighted by molar-refractivity contribution is 7.17. The average Bonchev–Trinajstić information content (AvgIpc) is 2.97. The Labute approximate surface area is 113 Å². The van der Waals surface area contributed by atoms with Gasteiger partial charge < -0.3 is 4.42 Å². The summed E-state index contributed by atoms with van der Waals surface area (Å²) in [6.07, 6.45) is 1.78. The van der Waals surface area contributed by atoms with E-state index in [-0.39, 0.29) is 11.0 Å². The number of carbonyl (C=O) groups is 1. The van der Waals surface area contributed by atoms with Crippen molar-refractivity contribution in [1.82, 2.24) is 0 Å². The molecule has 4 heteroatoms. The Balaban J connectivity index is 1.93. The molecule has 0 aliphatic rings. The molecule has 0 fully saturated rings. The molecule has 0 N–H and O–H groups in total. The SMILES string of the molecule is O=C(Cc1csc2ccccc12)c1ccoc1Cl. The van der Waals surface area contributed by atoms with Crippen LogP contribution in [0.5, 0.6) is 0 Å². The molecule has 0 saturated carbocycles. The average molecular weight is 277 g/mol. The first kappa shape index (κ1) is 11.5. The van der Waals surface area contributed by atoms with Crippen LogP contribution in [0.2, 0.25) is 5.22 Å². The predicted octanol–water partition coefficient (Wildman–Crippen LogP) is 4.57. The molecular formula is C14H9ClO2S. The molecule has 3 rings (SSSR count). The number of Topliss-reactive ketones (excluding diaryl/α,β-unsaturated/α-hetero) is 1. The zero-order valence-electron chi connectivity index (χ0n) is 9.35. The monoisotopic (exact) mass is 276 g/mol. The zero-order chi connectivity index (χ0) is 12.5. The number of carbonyl (C=O) groups excluding carboxylic acids is 1. The second kappa shape index (κ2) is 4.59. The highest BCUT2D eigenvalue weighted by Crippen LogP contribution is 2.27. The van der Waals surface area contributed by atoms with Crippen LogP contribution in [0.4, 0.5) is 0 Å². The van der Waals surface area contributed by atoms with E-state index >= 15 is 0 Å². The number of furan rings is 1. The van der Waals surface area contributed by atoms with Gasteiger partial charge in [-0.15, -0.1) is 11.3 Å². The van der Waals surface area contributed by atoms with Gasteiger partial charge in [0.05, 0.1) is 11.8 Å². The van der Waals surface area contributed by atoms with Crippen LogP contribution in [0.1, 0.15) is 15.9 Å². The lowest BCUT2D eigenvalue weighted by Crippen LogP contribution is -2.02. The highest BCUT2D eigenvalue weighted by atomic mass is 35.5. The molecule has 0 unspecified atom stereocenters. The summed E-state index contributed by atoms with van der Waals surface area (Å²) in [5.41, 5.74) is 1.49. The maximum atomic E-state index is 12.1. The number of halogens is 1. The van der Waals surface area contributed by atoms with Gasteiger partial charge in [-0.25, -0.2) is 0 Å². The molecule has 0 aliphatic heterocycles. The number of fused-ring (bicyclic) bond motifs is 1. The summed E-state index contributed by atoms with van der Waals surface area (Å²) in [6, 6.07) is 9.68. The van der Waals surface area contributed by atoms with E-state index in [2.05, 4.69) is 6.07 Å². The molecule has 2 heterocycles. The minimum absolute atomic E-state index is 0.0164. The van der Waals surface area contributed by atoms with E-state index < -0.39 is 0 Å². The first-order valence-corrected chi connectivity index (χ1v) is 6.73. The van der Waals surface area contributed by atoms with Gasteiger partial charge >= 0.3 is 0 Å². The molecule has 0 amide bonds. The first-order valence-electron chi connectivity index (χ1n) is 5.47. The molecule has 0 spiro atoms. The molecule has 90 valence electrons. The van der Waals surface area contributed by atoms with Crippen molar-refractivity contribution in [2.45, 2.75) is 6.42 Å². The van der Waals surface area contributed by atoms with E-state index in [1.54, 1.807) is 17.4 Å². The van der Waals surface area contributed by atoms with Crippen LogP contribution in [-0.4, -0.2) is 5.78 Å². The largest absolute Gasteiger partial charge is 0.452 e. The van der Waals surface area contributed by atoms with Gasteiger partial charge in [0.2, 0.25) is 5.22 Å². The Hall–Kier alpha value is -1.58. The fourth-order valence-electron chi connectivity index (χ4n) is 1.93. The summed E-state index contributed by atoms with van der Waals surface area (Å²) in [5, 5.41) is 3.33. The van der Waals surface area contributed by atoms with Crippen LogP contribution < -0.4 is 0 Å². The molecule has 1 aromatic carbocycles. The molecule has 3 aromatic rings. The fourth-order valence-corrected chi connectivity index (χ4v) is 3.11. The molecule has 0 bridgehead atoms. The maximum absolute atomic E-state index is 12.1. The number of rotatable bonds is 3. The molecule has 2 aromatic heterocycles. The van der Waals surface area contributed by atoms with Crippen LogP contribution >= 0.6 is 22.9 Å². The first-order chi connectivity index (χ1) is 8.75. The van der Waals surface area contributed by atoms with Crippen molar-refractivity contribution in [1.29, 1.82) is 0 Å². The molecule has 0 radical (unpaired) electrons. The Morgan fingerprint density at radius 2 is 2.11 bits per heavy atom. The van der Waals surface area contributed by atoms with Gasteiger partial charge in [0.25, 0.3) is 0 Å². The summed E-state index contributed by atoms with van der Waals surface area (Å²) in [6.45, 7) is 0. The van der Waals surface area contributed by atoms with Gasteiger partial charge in [-0.1, -0.05) is 18.2 Å². The van der Waals surface area contributed by atoms with Crippen LogP contribution in [-0.2, 0) is 6.42 Å². The van der Waals surface area contributed by atoms with E-state index in [9.17, 15) is 4.79 Å². The quantitative estimate of drug-likeness (QED) is 0.656. The van der Waals surface area contributed by atoms with Crippen molar-refractivity contribution in [2.75, 3.05) is 0 Å². The van der Waals surface area contributed by atoms with E-state index in [4.69, 9.17) is 16.0 Å². The minimum Gasteiger partial charge on any atom is -0.452 e. The Morgan fingerprint density at radius 1 is 1.28 bits per heavy atom. The van der Waals surface area contributed by atoms with Crippen molar-refractivity contribution in [3.05, 3.63) is 58.3 Å². The Bertz CT molecular complexity index is 711. The lowest BCUT2D eigenvalue weighted by atomic mass is 10.0. The number of benzene rings is 1. The van der Waals surface area contributed by atoms with Crippen molar-refractivity contribution in [2.24, 2.45) is 0 Å². The third kappa shape index (κ3) is 1.96. The van der Waals surface area contributed by atoms with Crippen LogP contribution in [0.3, 0.4) is 0 Å². The van der Waals surface area contributed by atoms with Crippen molar-refractivity contribution >= 4 is 38.8 Å². The lowest BCUT2D eigenvalue weighted by Gasteiger charge is -1.98. The molecule has 0 saturated heterocycles. The molecule has 0 atom stereocenters. The van der Waals surface area contributed by atoms with E-state index in [1.807, 2.05) is 23.6 Å². The molecular weight excluding hydrogens is 268 g/mol. The maximum Gasteiger partial charge on any atom is 0.203 e. The molecule has 2 nitrogen and oxygen atoms in total. The third-order valence-electron chi connectivity index (χ3n) is 2.83. The van der Waals surface area contributed by atoms with Crippen LogP contribution in [0.25, 0.3) is 10.1 Å². The number of ketones is 1. The van der Waals surface area contributed by atoms with Gasteiger partial charge in [-0.2, -0.15) is 0 Å². The normalized spacial score (nSPS) is 10.9. The molecule has 18 heavy (non-hydrogen) atoms. The minimum atomic E-state index is -0.0164. The lowest BCUT2D eigenvalue weighted by molar-refractivity contribution is 0.0993. The number of hydrogen-bond acceptors (Lipinski definition) is 3. The second-order valence-electron chi connectivity index (χ2n) is 3.97. The fraction of sp³-hybridized carbons (Fsp3) is 0.0714. The topological polar surface area (TPSA) is 30.2 Å². The second-order valence-corrected chi connectivity index (χ2v) is 5.22. The smallest absolute Gasteiger partial charge is 0.203 e. The standard InChI is InChI=1S/C14H9ClO2S/c15-14-11(5-6-17-14)12(16)7-9-8-18-13-4-2-1-3-10(9)13/h1-6,8H,7H2. The summed E-state index contributed by atoms with van der Waals surface area (Å²) in [5.74, 6) is -0.0164. The number of thiophene rings is 1. The van der Waals surface area contributed by atoms with Gasteiger partial charge in [0.15, 0.2) is 5.78 Å². The van der Waals surface area contributed by atoms with E-state index in [0.717, 1.165) is 10.9 Å². The van der Waals surface area contributed by atoms with Gasteiger partial charge in [0, 0.05) is 11.1 Å². The van der Waals surface area contributed by atoms with Gasteiger partial charge in [-0.05, 0) is 40.1 Å². The zero-order valence-corrected chi connectivity index (χ0v) is 10.9. The van der Waals surface area contributed by atoms with Crippen molar-refractivity contribution in [3.63, 3.8) is 0 Å². The Kier molecular flexibility index (Phi) is 2.94. The third-order valence-corrected chi connectivity index (χ3v) is 4.14. The van der Waals surface area contributed by atoms with Crippen LogP contribution in [0.15, 0.2) is 46.4 Å². The van der Waals surface area contributed by atoms with E-state index in [1.165, 1.54) is 11.0 Å². The summed E-state index contributed by atoms with van der Waals surface area (Å²) in [7, 11) is 0. The summed E-state index contributed by atoms with van der Waals surface area (Å²) < 4.78 is 6.13. The number of hydrogen-bond donors (Lipinski definition) is 0. The van der Waals surface area contributed by atoms with Crippen molar-refractivity contribution < 1.29 is 9.21 Å². The summed E-state index contributed by atoms with van der Waals surface area (Å²) >= 11 is 7.46.